The minimum atomic E-state index is -0.197. The first kappa shape index (κ1) is 20.7. The van der Waals surface area contributed by atoms with Crippen LogP contribution >= 0.6 is 0 Å². The van der Waals surface area contributed by atoms with Gasteiger partial charge < -0.3 is 14.2 Å². The second-order valence-corrected chi connectivity index (χ2v) is 7.87. The monoisotopic (exact) mass is 441 g/mol. The molecule has 0 fully saturated rings. The molecule has 0 saturated carbocycles. The van der Waals surface area contributed by atoms with Gasteiger partial charge in [-0.05, 0) is 62.6 Å². The molecule has 0 spiro atoms. The highest BCUT2D eigenvalue weighted by atomic mass is 16.5. The van der Waals surface area contributed by atoms with Gasteiger partial charge in [0, 0.05) is 23.8 Å². The van der Waals surface area contributed by atoms with Crippen LogP contribution in [0.4, 0.5) is 0 Å². The summed E-state index contributed by atoms with van der Waals surface area (Å²) < 4.78 is 10.5. The molecule has 0 atom stereocenters. The molecule has 3 heterocycles. The Morgan fingerprint density at radius 1 is 0.818 bits per heavy atom. The Bertz CT molecular complexity index is 1460. The van der Waals surface area contributed by atoms with E-state index in [-0.39, 0.29) is 5.56 Å². The third-order valence-corrected chi connectivity index (χ3v) is 5.40. The van der Waals surface area contributed by atoms with E-state index in [1.165, 1.54) is 10.9 Å². The molecule has 9 nitrogen and oxygen atoms in total. The van der Waals surface area contributed by atoms with Gasteiger partial charge in [0.1, 0.15) is 24.2 Å². The Morgan fingerprint density at radius 2 is 1.39 bits per heavy atom. The lowest BCUT2D eigenvalue weighted by atomic mass is 10.2. The van der Waals surface area contributed by atoms with Gasteiger partial charge >= 0.3 is 0 Å². The molecule has 166 valence electrons. The van der Waals surface area contributed by atoms with E-state index >= 15 is 0 Å². The molecule has 2 aromatic carbocycles. The molecule has 0 radical (unpaired) electrons. The minimum absolute atomic E-state index is 0.197. The molecular formula is C24H23N7O2. The lowest BCUT2D eigenvalue weighted by molar-refractivity contribution is 0.388. The van der Waals surface area contributed by atoms with Gasteiger partial charge in [-0.1, -0.05) is 0 Å². The summed E-state index contributed by atoms with van der Waals surface area (Å²) >= 11 is 0. The zero-order valence-corrected chi connectivity index (χ0v) is 18.6. The van der Waals surface area contributed by atoms with Crippen molar-refractivity contribution < 1.29 is 4.74 Å². The van der Waals surface area contributed by atoms with Gasteiger partial charge in [0.2, 0.25) is 0 Å². The summed E-state index contributed by atoms with van der Waals surface area (Å²) in [5, 5.41) is 0. The lowest BCUT2D eigenvalue weighted by Gasteiger charge is -2.13. The van der Waals surface area contributed by atoms with Crippen LogP contribution in [0.1, 0.15) is 5.82 Å². The van der Waals surface area contributed by atoms with E-state index in [0.29, 0.717) is 11.2 Å². The van der Waals surface area contributed by atoms with Gasteiger partial charge in [-0.15, -0.1) is 0 Å². The number of nitrogens with zero attached hydrogens (tertiary/aromatic N) is 7. The average Bonchev–Trinajstić information content (AvgIpc) is 3.47. The molecule has 0 saturated heterocycles. The number of hydrogen-bond acceptors (Lipinski definition) is 6. The first-order chi connectivity index (χ1) is 16.0. The van der Waals surface area contributed by atoms with Crippen molar-refractivity contribution >= 4 is 11.2 Å². The number of methoxy groups -OCH3 is 1. The minimum Gasteiger partial charge on any atom is -0.497 e. The molecular weight excluding hydrogens is 418 g/mol. The molecule has 0 unspecified atom stereocenters. The van der Waals surface area contributed by atoms with Gasteiger partial charge in [0.25, 0.3) is 5.56 Å². The lowest BCUT2D eigenvalue weighted by Crippen LogP contribution is -2.20. The number of aromatic nitrogens is 6. The van der Waals surface area contributed by atoms with Crippen molar-refractivity contribution in [3.63, 3.8) is 0 Å². The fourth-order valence-electron chi connectivity index (χ4n) is 3.78. The number of ether oxygens (including phenoxy) is 1. The molecule has 0 aliphatic rings. The highest BCUT2D eigenvalue weighted by Gasteiger charge is 2.14. The Morgan fingerprint density at radius 3 is 2.03 bits per heavy atom. The van der Waals surface area contributed by atoms with Crippen LogP contribution in [0.15, 0.2) is 78.4 Å². The summed E-state index contributed by atoms with van der Waals surface area (Å²) in [6.07, 6.45) is 6.84. The van der Waals surface area contributed by atoms with Crippen LogP contribution in [0.5, 0.6) is 5.75 Å². The molecule has 0 aliphatic carbocycles. The second-order valence-electron chi connectivity index (χ2n) is 7.87. The van der Waals surface area contributed by atoms with Crippen molar-refractivity contribution in [3.8, 4) is 22.8 Å². The first-order valence-corrected chi connectivity index (χ1v) is 10.4. The largest absolute Gasteiger partial charge is 0.497 e. The smallest absolute Gasteiger partial charge is 0.284 e. The molecule has 0 aliphatic heterocycles. The standard InChI is InChI=1S/C24H23N7O2/c1-28(2)14-21-25-12-13-29(21)17-4-6-19(7-5-17)31-16-27-23-22(24(31)32)30(15-26-23)18-8-10-20(33-3)11-9-18/h4-13,15-16H,14H2,1-3H3. The molecule has 9 heteroatoms. The van der Waals surface area contributed by atoms with Crippen molar-refractivity contribution in [3.05, 3.63) is 89.8 Å². The zero-order valence-electron chi connectivity index (χ0n) is 18.6. The van der Waals surface area contributed by atoms with Gasteiger partial charge in [0.15, 0.2) is 11.2 Å². The molecule has 0 N–H and O–H groups in total. The van der Waals surface area contributed by atoms with E-state index in [1.54, 1.807) is 24.2 Å². The molecule has 0 amide bonds. The van der Waals surface area contributed by atoms with E-state index in [4.69, 9.17) is 4.74 Å². The van der Waals surface area contributed by atoms with Crippen LogP contribution in [0.3, 0.4) is 0 Å². The fraction of sp³-hybridized carbons (Fsp3) is 0.167. The van der Waals surface area contributed by atoms with Gasteiger partial charge in [-0.2, -0.15) is 0 Å². The van der Waals surface area contributed by atoms with Crippen molar-refractivity contribution in [2.75, 3.05) is 21.2 Å². The van der Waals surface area contributed by atoms with E-state index < -0.39 is 0 Å². The summed E-state index contributed by atoms with van der Waals surface area (Å²) in [6.45, 7) is 0.726. The molecule has 0 bridgehead atoms. The summed E-state index contributed by atoms with van der Waals surface area (Å²) in [7, 11) is 5.63. The summed E-state index contributed by atoms with van der Waals surface area (Å²) in [5.41, 5.74) is 3.11. The fourth-order valence-corrected chi connectivity index (χ4v) is 3.78. The summed E-state index contributed by atoms with van der Waals surface area (Å²) in [5.74, 6) is 1.68. The van der Waals surface area contributed by atoms with Crippen molar-refractivity contribution in [1.29, 1.82) is 0 Å². The Kier molecular flexibility index (Phi) is 5.23. The molecule has 5 aromatic rings. The average molecular weight is 441 g/mol. The quantitative estimate of drug-likeness (QED) is 0.403. The summed E-state index contributed by atoms with van der Waals surface area (Å²) in [6, 6.07) is 15.2. The van der Waals surface area contributed by atoms with Crippen LogP contribution in [-0.4, -0.2) is 54.8 Å². The number of rotatable bonds is 6. The van der Waals surface area contributed by atoms with Crippen LogP contribution in [0.25, 0.3) is 28.2 Å². The van der Waals surface area contributed by atoms with Crippen molar-refractivity contribution in [2.45, 2.75) is 6.54 Å². The van der Waals surface area contributed by atoms with Crippen LogP contribution < -0.4 is 10.3 Å². The van der Waals surface area contributed by atoms with Crippen molar-refractivity contribution in [1.82, 2.24) is 33.6 Å². The number of imidazole rings is 2. The number of benzene rings is 2. The molecule has 5 rings (SSSR count). The van der Waals surface area contributed by atoms with Gasteiger partial charge in [-0.3, -0.25) is 13.9 Å². The topological polar surface area (TPSA) is 83.0 Å². The maximum absolute atomic E-state index is 13.4. The predicted octanol–water partition coefficient (Wildman–Crippen LogP) is 2.83. The third kappa shape index (κ3) is 3.79. The van der Waals surface area contributed by atoms with E-state index in [0.717, 1.165) is 35.2 Å². The third-order valence-electron chi connectivity index (χ3n) is 5.40. The maximum Gasteiger partial charge on any atom is 0.284 e. The Labute approximate surface area is 190 Å². The molecule has 33 heavy (non-hydrogen) atoms. The number of hydrogen-bond donors (Lipinski definition) is 0. The highest BCUT2D eigenvalue weighted by molar-refractivity contribution is 5.72. The van der Waals surface area contributed by atoms with Gasteiger partial charge in [-0.25, -0.2) is 15.0 Å². The van der Waals surface area contributed by atoms with Crippen LogP contribution in [0.2, 0.25) is 0 Å². The second kappa shape index (κ2) is 8.36. The van der Waals surface area contributed by atoms with Gasteiger partial charge in [0.05, 0.1) is 19.3 Å². The zero-order chi connectivity index (χ0) is 22.9. The first-order valence-electron chi connectivity index (χ1n) is 10.4. The normalized spacial score (nSPS) is 11.4. The van der Waals surface area contributed by atoms with Crippen LogP contribution in [0, 0.1) is 0 Å². The van der Waals surface area contributed by atoms with E-state index in [1.807, 2.05) is 73.4 Å². The van der Waals surface area contributed by atoms with E-state index in [9.17, 15) is 4.79 Å². The number of fused-ring (bicyclic) bond motifs is 1. The van der Waals surface area contributed by atoms with Crippen molar-refractivity contribution in [2.24, 2.45) is 0 Å². The van der Waals surface area contributed by atoms with E-state index in [2.05, 4.69) is 19.9 Å². The molecule has 3 aromatic heterocycles. The Hall–Kier alpha value is -4.24. The maximum atomic E-state index is 13.4. The Balaban J connectivity index is 1.53. The predicted molar refractivity (Wildman–Crippen MR) is 126 cm³/mol. The summed E-state index contributed by atoms with van der Waals surface area (Å²) in [4.78, 5) is 28.6. The van der Waals surface area contributed by atoms with Crippen LogP contribution in [-0.2, 0) is 6.54 Å². The highest BCUT2D eigenvalue weighted by Crippen LogP contribution is 2.19. The SMILES string of the molecule is COc1ccc(-n2cnc3ncn(-c4ccc(-n5ccnc5CN(C)C)cc4)c(=O)c32)cc1.